The molecule has 1 aromatic rings. The predicted molar refractivity (Wildman–Crippen MR) is 69.4 cm³/mol. The molecule has 0 aliphatic rings. The van der Waals surface area contributed by atoms with Crippen LogP contribution in [0.2, 0.25) is 0 Å². The van der Waals surface area contributed by atoms with E-state index < -0.39 is 23.6 Å². The average Bonchev–Trinajstić information content (AvgIpc) is 2.29. The monoisotopic (exact) mass is 290 g/mol. The number of hydrogen-bond acceptors (Lipinski definition) is 3. The molecule has 0 aliphatic carbocycles. The summed E-state index contributed by atoms with van der Waals surface area (Å²) in [5.74, 6) is -0.925. The molecule has 0 unspecified atom stereocenters. The quantitative estimate of drug-likeness (QED) is 0.837. The number of amides is 1. The molecule has 1 aromatic carbocycles. The normalized spacial score (nSPS) is 12.1. The zero-order chi connectivity index (χ0) is 15.6. The van der Waals surface area contributed by atoms with Crippen LogP contribution in [0.1, 0.15) is 37.6 Å². The lowest BCUT2D eigenvalue weighted by molar-refractivity contribution is -0.274. The molecule has 0 aliphatic heterocycles. The first-order valence-electron chi connectivity index (χ1n) is 6.02. The number of ether oxygens (including phenoxy) is 1. The van der Waals surface area contributed by atoms with E-state index in [1.165, 1.54) is 6.07 Å². The Morgan fingerprint density at radius 2 is 1.95 bits per heavy atom. The summed E-state index contributed by atoms with van der Waals surface area (Å²) < 4.78 is 40.0. The molecule has 0 heterocycles. The predicted octanol–water partition coefficient (Wildman–Crippen LogP) is 3.09. The molecular weight excluding hydrogens is 273 g/mol. The maximum atomic E-state index is 12.1. The minimum atomic E-state index is -4.82. The van der Waals surface area contributed by atoms with E-state index in [9.17, 15) is 18.0 Å². The molecule has 4 nitrogen and oxygen atoms in total. The van der Waals surface area contributed by atoms with Crippen molar-refractivity contribution in [2.75, 3.05) is 5.73 Å². The van der Waals surface area contributed by atoms with Gasteiger partial charge >= 0.3 is 6.36 Å². The van der Waals surface area contributed by atoms with E-state index in [1.54, 1.807) is 0 Å². The molecule has 0 spiro atoms. The molecule has 0 atom stereocenters. The second kappa shape index (κ2) is 5.60. The topological polar surface area (TPSA) is 64.3 Å². The van der Waals surface area contributed by atoms with Crippen molar-refractivity contribution in [1.29, 1.82) is 0 Å². The highest BCUT2D eigenvalue weighted by Gasteiger charge is 2.32. The number of nitrogen functional groups attached to an aromatic ring is 1. The van der Waals surface area contributed by atoms with Crippen molar-refractivity contribution in [2.24, 2.45) is 0 Å². The second-order valence-electron chi connectivity index (χ2n) is 4.99. The Bertz CT molecular complexity index is 499. The van der Waals surface area contributed by atoms with Gasteiger partial charge in [0.2, 0.25) is 0 Å². The number of nitrogens with one attached hydrogen (secondary N) is 1. The molecule has 0 saturated carbocycles. The van der Waals surface area contributed by atoms with Gasteiger partial charge in [-0.25, -0.2) is 0 Å². The van der Waals surface area contributed by atoms with Gasteiger partial charge in [0.15, 0.2) is 5.75 Å². The highest BCUT2D eigenvalue weighted by atomic mass is 19.4. The third-order valence-electron chi connectivity index (χ3n) is 2.83. The van der Waals surface area contributed by atoms with Gasteiger partial charge in [0.1, 0.15) is 0 Å². The maximum absolute atomic E-state index is 12.1. The highest BCUT2D eigenvalue weighted by Crippen LogP contribution is 2.29. The van der Waals surface area contributed by atoms with Crippen molar-refractivity contribution in [1.82, 2.24) is 5.32 Å². The van der Waals surface area contributed by atoms with E-state index in [-0.39, 0.29) is 11.3 Å². The fourth-order valence-corrected chi connectivity index (χ4v) is 1.38. The van der Waals surface area contributed by atoms with E-state index >= 15 is 0 Å². The number of nitrogens with two attached hydrogens (primary N) is 1. The standard InChI is InChI=1S/C13H17F3N2O2/c1-4-12(2,3)18-11(19)8-5-6-10(9(17)7-8)20-13(14,15)16/h5-7H,4,17H2,1-3H3,(H,18,19). The summed E-state index contributed by atoms with van der Waals surface area (Å²) in [7, 11) is 0. The summed E-state index contributed by atoms with van der Waals surface area (Å²) in [5.41, 5.74) is 4.98. The zero-order valence-corrected chi connectivity index (χ0v) is 11.5. The number of carbonyl (C=O) groups is 1. The van der Waals surface area contributed by atoms with Crippen LogP contribution >= 0.6 is 0 Å². The van der Waals surface area contributed by atoms with Crippen molar-refractivity contribution in [3.8, 4) is 5.75 Å². The fraction of sp³-hybridized carbons (Fsp3) is 0.462. The van der Waals surface area contributed by atoms with E-state index in [0.29, 0.717) is 6.42 Å². The summed E-state index contributed by atoms with van der Waals surface area (Å²) in [6.45, 7) is 5.60. The Morgan fingerprint density at radius 1 is 1.35 bits per heavy atom. The van der Waals surface area contributed by atoms with Crippen LogP contribution in [0.5, 0.6) is 5.75 Å². The summed E-state index contributed by atoms with van der Waals surface area (Å²) in [5, 5.41) is 2.76. The van der Waals surface area contributed by atoms with Crippen LogP contribution in [0.3, 0.4) is 0 Å². The van der Waals surface area contributed by atoms with Crippen LogP contribution in [-0.2, 0) is 0 Å². The molecule has 7 heteroatoms. The first-order chi connectivity index (χ1) is 9.04. The Balaban J connectivity index is 2.90. The summed E-state index contributed by atoms with van der Waals surface area (Å²) in [4.78, 5) is 11.9. The van der Waals surface area contributed by atoms with Gasteiger partial charge in [0.25, 0.3) is 5.91 Å². The summed E-state index contributed by atoms with van der Waals surface area (Å²) >= 11 is 0. The van der Waals surface area contributed by atoms with Crippen molar-refractivity contribution >= 4 is 11.6 Å². The Labute approximate surface area is 115 Å². The minimum absolute atomic E-state index is 0.179. The molecule has 3 N–H and O–H groups in total. The molecule has 1 amide bonds. The number of rotatable bonds is 4. The minimum Gasteiger partial charge on any atom is -0.404 e. The third-order valence-corrected chi connectivity index (χ3v) is 2.83. The Morgan fingerprint density at radius 3 is 2.40 bits per heavy atom. The van der Waals surface area contributed by atoms with Gasteiger partial charge in [-0.15, -0.1) is 13.2 Å². The van der Waals surface area contributed by atoms with Crippen LogP contribution in [0.15, 0.2) is 18.2 Å². The van der Waals surface area contributed by atoms with Gasteiger partial charge < -0.3 is 15.8 Å². The molecule has 20 heavy (non-hydrogen) atoms. The maximum Gasteiger partial charge on any atom is 0.573 e. The van der Waals surface area contributed by atoms with Gasteiger partial charge in [-0.05, 0) is 38.5 Å². The van der Waals surface area contributed by atoms with Gasteiger partial charge in [-0.3, -0.25) is 4.79 Å². The molecule has 0 saturated heterocycles. The molecule has 0 bridgehead atoms. The number of anilines is 1. The lowest BCUT2D eigenvalue weighted by Crippen LogP contribution is -2.42. The van der Waals surface area contributed by atoms with Crippen molar-refractivity contribution in [3.05, 3.63) is 23.8 Å². The van der Waals surface area contributed by atoms with E-state index in [0.717, 1.165) is 12.1 Å². The summed E-state index contributed by atoms with van der Waals surface area (Å²) in [6.07, 6.45) is -4.11. The fourth-order valence-electron chi connectivity index (χ4n) is 1.38. The molecule has 0 aromatic heterocycles. The largest absolute Gasteiger partial charge is 0.573 e. The van der Waals surface area contributed by atoms with Crippen LogP contribution < -0.4 is 15.8 Å². The van der Waals surface area contributed by atoms with Gasteiger partial charge in [0.05, 0.1) is 5.69 Å². The van der Waals surface area contributed by atoms with Gasteiger partial charge in [-0.2, -0.15) is 0 Å². The number of hydrogen-bond donors (Lipinski definition) is 2. The molecule has 0 radical (unpaired) electrons. The molecule has 0 fully saturated rings. The number of carbonyl (C=O) groups excluding carboxylic acids is 1. The van der Waals surface area contributed by atoms with E-state index in [1.807, 2.05) is 20.8 Å². The Hall–Kier alpha value is -1.92. The van der Waals surface area contributed by atoms with Crippen molar-refractivity contribution in [3.63, 3.8) is 0 Å². The molecular formula is C13H17F3N2O2. The van der Waals surface area contributed by atoms with Gasteiger partial charge in [-0.1, -0.05) is 6.92 Å². The lowest BCUT2D eigenvalue weighted by Gasteiger charge is -2.24. The lowest BCUT2D eigenvalue weighted by atomic mass is 10.0. The third kappa shape index (κ3) is 4.64. The van der Waals surface area contributed by atoms with Crippen LogP contribution in [-0.4, -0.2) is 17.8 Å². The first-order valence-corrected chi connectivity index (χ1v) is 6.02. The smallest absolute Gasteiger partial charge is 0.404 e. The molecule has 1 rings (SSSR count). The van der Waals surface area contributed by atoms with E-state index in [2.05, 4.69) is 10.1 Å². The second-order valence-corrected chi connectivity index (χ2v) is 4.99. The first kappa shape index (κ1) is 16.1. The number of alkyl halides is 3. The average molecular weight is 290 g/mol. The van der Waals surface area contributed by atoms with Crippen molar-refractivity contribution in [2.45, 2.75) is 39.1 Å². The van der Waals surface area contributed by atoms with Crippen LogP contribution in [0.25, 0.3) is 0 Å². The zero-order valence-electron chi connectivity index (χ0n) is 11.5. The Kier molecular flexibility index (Phi) is 4.52. The van der Waals surface area contributed by atoms with E-state index in [4.69, 9.17) is 5.73 Å². The van der Waals surface area contributed by atoms with Crippen LogP contribution in [0.4, 0.5) is 18.9 Å². The number of halogens is 3. The number of benzene rings is 1. The van der Waals surface area contributed by atoms with Crippen LogP contribution in [0, 0.1) is 0 Å². The molecule has 112 valence electrons. The van der Waals surface area contributed by atoms with Crippen molar-refractivity contribution < 1.29 is 22.7 Å². The SMILES string of the molecule is CCC(C)(C)NC(=O)c1ccc(OC(F)(F)F)c(N)c1. The van der Waals surface area contributed by atoms with Gasteiger partial charge in [0, 0.05) is 11.1 Å². The highest BCUT2D eigenvalue weighted by molar-refractivity contribution is 5.95. The summed E-state index contributed by atoms with van der Waals surface area (Å²) in [6, 6.07) is 3.41.